The molecule has 0 saturated heterocycles. The molecule has 2 aromatic rings. The van der Waals surface area contributed by atoms with Crippen molar-refractivity contribution in [2.24, 2.45) is 7.05 Å². The molecule has 16 heavy (non-hydrogen) atoms. The number of anilines is 1. The van der Waals surface area contributed by atoms with E-state index in [0.717, 1.165) is 4.60 Å². The van der Waals surface area contributed by atoms with Gasteiger partial charge in [-0.05, 0) is 34.1 Å². The van der Waals surface area contributed by atoms with E-state index in [0.29, 0.717) is 11.4 Å². The number of aryl methyl sites for hydroxylation is 1. The van der Waals surface area contributed by atoms with E-state index < -0.39 is 0 Å². The van der Waals surface area contributed by atoms with Gasteiger partial charge in [-0.2, -0.15) is 5.10 Å². The summed E-state index contributed by atoms with van der Waals surface area (Å²) in [5.74, 6) is -0.205. The zero-order valence-electron chi connectivity index (χ0n) is 8.51. The van der Waals surface area contributed by atoms with Gasteiger partial charge in [-0.3, -0.25) is 9.48 Å². The first-order valence-electron chi connectivity index (χ1n) is 4.58. The molecule has 0 unspecified atom stereocenters. The number of hydrogen-bond donors (Lipinski definition) is 1. The van der Waals surface area contributed by atoms with Crippen molar-refractivity contribution < 1.29 is 4.79 Å². The summed E-state index contributed by atoms with van der Waals surface area (Å²) in [5.41, 5.74) is 1.15. The second-order valence-electron chi connectivity index (χ2n) is 3.16. The molecule has 82 valence electrons. The molecule has 2 aromatic heterocycles. The lowest BCUT2D eigenvalue weighted by Crippen LogP contribution is -2.16. The van der Waals surface area contributed by atoms with Crippen molar-refractivity contribution in [2.75, 3.05) is 5.32 Å². The lowest BCUT2D eigenvalue weighted by atomic mass is 10.3. The van der Waals surface area contributed by atoms with E-state index in [4.69, 9.17) is 0 Å². The van der Waals surface area contributed by atoms with E-state index in [9.17, 15) is 4.79 Å². The molecule has 0 saturated carbocycles. The fraction of sp³-hybridized carbons (Fsp3) is 0.100. The third-order valence-corrected chi connectivity index (χ3v) is 2.51. The number of amides is 1. The Kier molecular flexibility index (Phi) is 3.00. The molecule has 0 atom stereocenters. The van der Waals surface area contributed by atoms with Gasteiger partial charge in [0.1, 0.15) is 10.3 Å². The lowest BCUT2D eigenvalue weighted by molar-refractivity contribution is 0.101. The first kappa shape index (κ1) is 10.8. The largest absolute Gasteiger partial charge is 0.319 e. The number of aromatic nitrogens is 3. The normalized spacial score (nSPS) is 10.1. The summed E-state index contributed by atoms with van der Waals surface area (Å²) in [6, 6.07) is 5.19. The first-order chi connectivity index (χ1) is 7.66. The van der Waals surface area contributed by atoms with Crippen molar-refractivity contribution >= 4 is 27.5 Å². The lowest BCUT2D eigenvalue weighted by Gasteiger charge is -2.04. The van der Waals surface area contributed by atoms with Crippen molar-refractivity contribution in [1.82, 2.24) is 14.8 Å². The second-order valence-corrected chi connectivity index (χ2v) is 3.98. The van der Waals surface area contributed by atoms with Crippen LogP contribution in [0.15, 0.2) is 35.2 Å². The SMILES string of the molecule is Cn1nccc1C(=O)Nc1ccc(Br)nc1. The van der Waals surface area contributed by atoms with Gasteiger partial charge in [0, 0.05) is 13.2 Å². The predicted molar refractivity (Wildman–Crippen MR) is 63.1 cm³/mol. The molecule has 0 aromatic carbocycles. The zero-order chi connectivity index (χ0) is 11.5. The number of hydrogen-bond acceptors (Lipinski definition) is 3. The average molecular weight is 281 g/mol. The summed E-state index contributed by atoms with van der Waals surface area (Å²) in [7, 11) is 1.72. The molecule has 1 amide bonds. The van der Waals surface area contributed by atoms with E-state index in [1.165, 1.54) is 4.68 Å². The molecule has 0 aliphatic heterocycles. The molecule has 6 heteroatoms. The summed E-state index contributed by atoms with van der Waals surface area (Å²) >= 11 is 3.22. The number of halogens is 1. The molecule has 0 spiro atoms. The summed E-state index contributed by atoms with van der Waals surface area (Å²) in [5, 5.41) is 6.66. The van der Waals surface area contributed by atoms with Crippen LogP contribution in [0.4, 0.5) is 5.69 Å². The number of rotatable bonds is 2. The van der Waals surface area contributed by atoms with Gasteiger partial charge in [-0.15, -0.1) is 0 Å². The Morgan fingerprint density at radius 2 is 2.25 bits per heavy atom. The maximum Gasteiger partial charge on any atom is 0.273 e. The molecule has 5 nitrogen and oxygen atoms in total. The highest BCUT2D eigenvalue weighted by Crippen LogP contribution is 2.11. The Bertz CT molecular complexity index is 506. The number of carbonyl (C=O) groups is 1. The van der Waals surface area contributed by atoms with Crippen LogP contribution in [0.25, 0.3) is 0 Å². The molecule has 0 fully saturated rings. The highest BCUT2D eigenvalue weighted by Gasteiger charge is 2.09. The third kappa shape index (κ3) is 2.27. The monoisotopic (exact) mass is 280 g/mol. The Morgan fingerprint density at radius 3 is 2.81 bits per heavy atom. The van der Waals surface area contributed by atoms with Crippen LogP contribution in [0, 0.1) is 0 Å². The quantitative estimate of drug-likeness (QED) is 0.854. The van der Waals surface area contributed by atoms with Crippen LogP contribution in [-0.2, 0) is 7.05 Å². The summed E-state index contributed by atoms with van der Waals surface area (Å²) in [6.45, 7) is 0. The molecule has 0 bridgehead atoms. The Labute approximate surface area is 101 Å². The van der Waals surface area contributed by atoms with Crippen LogP contribution in [0.2, 0.25) is 0 Å². The van der Waals surface area contributed by atoms with Gasteiger partial charge in [-0.25, -0.2) is 4.98 Å². The van der Waals surface area contributed by atoms with Crippen LogP contribution < -0.4 is 5.32 Å². The van der Waals surface area contributed by atoms with Crippen molar-refractivity contribution in [2.45, 2.75) is 0 Å². The highest BCUT2D eigenvalue weighted by molar-refractivity contribution is 9.10. The average Bonchev–Trinajstić information content (AvgIpc) is 2.68. The number of carbonyl (C=O) groups excluding carboxylic acids is 1. The predicted octanol–water partition coefficient (Wildman–Crippen LogP) is 1.83. The van der Waals surface area contributed by atoms with Gasteiger partial charge in [-0.1, -0.05) is 0 Å². The highest BCUT2D eigenvalue weighted by atomic mass is 79.9. The topological polar surface area (TPSA) is 59.8 Å². The van der Waals surface area contributed by atoms with Crippen LogP contribution in [0.3, 0.4) is 0 Å². The van der Waals surface area contributed by atoms with Crippen molar-refractivity contribution in [3.8, 4) is 0 Å². The molecule has 0 radical (unpaired) electrons. The van der Waals surface area contributed by atoms with Gasteiger partial charge >= 0.3 is 0 Å². The minimum atomic E-state index is -0.205. The molecule has 2 heterocycles. The van der Waals surface area contributed by atoms with Crippen molar-refractivity contribution in [1.29, 1.82) is 0 Å². The van der Waals surface area contributed by atoms with Gasteiger partial charge in [0.2, 0.25) is 0 Å². The van der Waals surface area contributed by atoms with Crippen molar-refractivity contribution in [3.05, 3.63) is 40.9 Å². The molecule has 1 N–H and O–H groups in total. The van der Waals surface area contributed by atoms with Crippen LogP contribution in [0.5, 0.6) is 0 Å². The molecular formula is C10H9BrN4O. The zero-order valence-corrected chi connectivity index (χ0v) is 10.1. The van der Waals surface area contributed by atoms with Gasteiger partial charge in [0.05, 0.1) is 11.9 Å². The van der Waals surface area contributed by atoms with Crippen LogP contribution >= 0.6 is 15.9 Å². The Hall–Kier alpha value is -1.69. The van der Waals surface area contributed by atoms with E-state index in [2.05, 4.69) is 31.3 Å². The number of pyridine rings is 1. The molecule has 2 rings (SSSR count). The van der Waals surface area contributed by atoms with E-state index >= 15 is 0 Å². The van der Waals surface area contributed by atoms with Crippen molar-refractivity contribution in [3.63, 3.8) is 0 Å². The molecule has 0 aliphatic rings. The standard InChI is InChI=1S/C10H9BrN4O/c1-15-8(4-5-13-15)10(16)14-7-2-3-9(11)12-6-7/h2-6H,1H3,(H,14,16). The molecule has 0 aliphatic carbocycles. The fourth-order valence-electron chi connectivity index (χ4n) is 1.24. The first-order valence-corrected chi connectivity index (χ1v) is 5.37. The number of nitrogens with zero attached hydrogens (tertiary/aromatic N) is 3. The van der Waals surface area contributed by atoms with Gasteiger partial charge < -0.3 is 5.32 Å². The smallest absolute Gasteiger partial charge is 0.273 e. The maximum atomic E-state index is 11.8. The third-order valence-electron chi connectivity index (χ3n) is 2.04. The number of nitrogens with one attached hydrogen (secondary N) is 1. The second kappa shape index (κ2) is 4.44. The minimum Gasteiger partial charge on any atom is -0.319 e. The fourth-order valence-corrected chi connectivity index (χ4v) is 1.48. The summed E-state index contributed by atoms with van der Waals surface area (Å²) in [6.07, 6.45) is 3.16. The van der Waals surface area contributed by atoms with E-state index in [1.54, 1.807) is 37.6 Å². The van der Waals surface area contributed by atoms with Crippen LogP contribution in [-0.4, -0.2) is 20.7 Å². The summed E-state index contributed by atoms with van der Waals surface area (Å²) < 4.78 is 2.24. The Morgan fingerprint density at radius 1 is 1.44 bits per heavy atom. The van der Waals surface area contributed by atoms with E-state index in [1.807, 2.05) is 0 Å². The van der Waals surface area contributed by atoms with E-state index in [-0.39, 0.29) is 5.91 Å². The molecular weight excluding hydrogens is 272 g/mol. The van der Waals surface area contributed by atoms with Gasteiger partial charge in [0.15, 0.2) is 0 Å². The Balaban J connectivity index is 2.14. The van der Waals surface area contributed by atoms with Crippen LogP contribution in [0.1, 0.15) is 10.5 Å². The summed E-state index contributed by atoms with van der Waals surface area (Å²) in [4.78, 5) is 15.8. The van der Waals surface area contributed by atoms with Gasteiger partial charge in [0.25, 0.3) is 5.91 Å². The minimum absolute atomic E-state index is 0.205. The maximum absolute atomic E-state index is 11.8.